The summed E-state index contributed by atoms with van der Waals surface area (Å²) < 4.78 is 23.1. The number of hydrogen-bond donors (Lipinski definition) is 1. The van der Waals surface area contributed by atoms with Crippen LogP contribution in [0.4, 0.5) is 0 Å². The van der Waals surface area contributed by atoms with Gasteiger partial charge in [-0.2, -0.15) is 4.98 Å². The number of carboxylic acid groups (broad SMARTS) is 1. The molecule has 2 aliphatic carbocycles. The van der Waals surface area contributed by atoms with Crippen molar-refractivity contribution in [2.24, 2.45) is 5.41 Å². The Balaban J connectivity index is 1.13. The summed E-state index contributed by atoms with van der Waals surface area (Å²) in [5, 5.41) is 18.9. The number of fused-ring (bicyclic) bond motifs is 3. The standard InChI is InChI=1S/C30H26Cl2N4O6/c1-39-22-5-4-17(12-19(22)27(37)38)26-34-28(42-36-26)30-10-8-29(9-11-30,15-40-30)7-6-18-24(35-41-25(18)16-2-3-16)23-20(31)13-33-14-21(23)32/h4-7,12-14,16H,2-3,8-11,15H2,1H3,(H,37,38)/b7-6+. The number of nitrogens with zero attached hydrogens (tertiary/aromatic N) is 4. The highest BCUT2D eigenvalue weighted by molar-refractivity contribution is 6.39. The summed E-state index contributed by atoms with van der Waals surface area (Å²) in [6, 6.07) is 4.77. The third kappa shape index (κ3) is 4.58. The zero-order chi connectivity index (χ0) is 29.1. The van der Waals surface area contributed by atoms with Gasteiger partial charge in [0.25, 0.3) is 5.89 Å². The van der Waals surface area contributed by atoms with Crippen LogP contribution in [0.1, 0.15) is 72.0 Å². The van der Waals surface area contributed by atoms with Crippen molar-refractivity contribution in [1.29, 1.82) is 0 Å². The average molecular weight is 609 g/mol. The van der Waals surface area contributed by atoms with Crippen molar-refractivity contribution < 1.29 is 28.4 Å². The minimum absolute atomic E-state index is 0.0250. The minimum atomic E-state index is -1.10. The van der Waals surface area contributed by atoms with Crippen molar-refractivity contribution >= 4 is 35.2 Å². The lowest BCUT2D eigenvalue weighted by molar-refractivity contribution is -0.186. The molecule has 2 saturated carbocycles. The number of benzene rings is 1. The Morgan fingerprint density at radius 1 is 1.10 bits per heavy atom. The maximum Gasteiger partial charge on any atom is 0.339 e. The van der Waals surface area contributed by atoms with Gasteiger partial charge in [0, 0.05) is 40.4 Å². The monoisotopic (exact) mass is 608 g/mol. The van der Waals surface area contributed by atoms with Crippen LogP contribution < -0.4 is 4.74 Å². The number of carbonyl (C=O) groups is 1. The first-order valence-electron chi connectivity index (χ1n) is 13.7. The number of hydrogen-bond acceptors (Lipinski definition) is 9. The molecule has 0 radical (unpaired) electrons. The minimum Gasteiger partial charge on any atom is -0.496 e. The highest BCUT2D eigenvalue weighted by atomic mass is 35.5. The molecule has 0 unspecified atom stereocenters. The highest BCUT2D eigenvalue weighted by Crippen LogP contribution is 2.55. The molecule has 2 bridgehead atoms. The van der Waals surface area contributed by atoms with Gasteiger partial charge in [-0.25, -0.2) is 4.79 Å². The maximum atomic E-state index is 11.7. The first-order chi connectivity index (χ1) is 20.3. The van der Waals surface area contributed by atoms with E-state index in [4.69, 9.17) is 41.7 Å². The average Bonchev–Trinajstić information content (AvgIpc) is 3.56. The van der Waals surface area contributed by atoms with Gasteiger partial charge >= 0.3 is 5.97 Å². The molecule has 2 aliphatic heterocycles. The Morgan fingerprint density at radius 3 is 2.50 bits per heavy atom. The summed E-state index contributed by atoms with van der Waals surface area (Å²) in [6.07, 6.45) is 12.7. The Kier molecular flexibility index (Phi) is 6.60. The molecule has 1 aromatic carbocycles. The van der Waals surface area contributed by atoms with Crippen LogP contribution in [0, 0.1) is 5.41 Å². The summed E-state index contributed by atoms with van der Waals surface area (Å²) in [7, 11) is 1.43. The first kappa shape index (κ1) is 27.1. The van der Waals surface area contributed by atoms with E-state index >= 15 is 0 Å². The van der Waals surface area contributed by atoms with Crippen molar-refractivity contribution in [1.82, 2.24) is 20.3 Å². The van der Waals surface area contributed by atoms with Crippen molar-refractivity contribution in [3.63, 3.8) is 0 Å². The maximum absolute atomic E-state index is 11.7. The van der Waals surface area contributed by atoms with Gasteiger partial charge in [0.2, 0.25) is 5.82 Å². The van der Waals surface area contributed by atoms with E-state index in [0.717, 1.165) is 37.0 Å². The van der Waals surface area contributed by atoms with Crippen LogP contribution in [0.25, 0.3) is 28.7 Å². The highest BCUT2D eigenvalue weighted by Gasteiger charge is 2.52. The van der Waals surface area contributed by atoms with Crippen LogP contribution in [-0.4, -0.2) is 45.1 Å². The lowest BCUT2D eigenvalue weighted by atomic mass is 9.65. The summed E-state index contributed by atoms with van der Waals surface area (Å²) >= 11 is 13.0. The Bertz CT molecular complexity index is 1680. The molecule has 3 aromatic heterocycles. The van der Waals surface area contributed by atoms with Gasteiger partial charge in [0.15, 0.2) is 0 Å². The fourth-order valence-electron chi connectivity index (χ4n) is 5.94. The zero-order valence-electron chi connectivity index (χ0n) is 22.6. The summed E-state index contributed by atoms with van der Waals surface area (Å²) in [5.41, 5.74) is 1.83. The normalized spacial score (nSPS) is 23.5. The van der Waals surface area contributed by atoms with Gasteiger partial charge in [0.1, 0.15) is 28.4 Å². The van der Waals surface area contributed by atoms with E-state index in [-0.39, 0.29) is 16.7 Å². The SMILES string of the molecule is COc1ccc(-c2noc(C34CCC(/C=C/c5c(-c6c(Cl)cncc6Cl)noc5C5CC5)(CC3)CO4)n2)cc1C(=O)O. The molecule has 4 aromatic rings. The van der Waals surface area contributed by atoms with E-state index in [9.17, 15) is 9.90 Å². The quantitative estimate of drug-likeness (QED) is 0.219. The third-order valence-electron chi connectivity index (χ3n) is 8.59. The van der Waals surface area contributed by atoms with Crippen molar-refractivity contribution in [3.8, 4) is 28.4 Å². The summed E-state index contributed by atoms with van der Waals surface area (Å²) in [5.74, 6) is 1.06. The predicted octanol–water partition coefficient (Wildman–Crippen LogP) is 7.18. The molecule has 1 N–H and O–H groups in total. The summed E-state index contributed by atoms with van der Waals surface area (Å²) in [6.45, 7) is 0.489. The smallest absolute Gasteiger partial charge is 0.339 e. The van der Waals surface area contributed by atoms with Crippen molar-refractivity contribution in [2.45, 2.75) is 50.0 Å². The predicted molar refractivity (Wildman–Crippen MR) is 153 cm³/mol. The van der Waals surface area contributed by atoms with Crippen LogP contribution >= 0.6 is 23.2 Å². The number of halogens is 2. The van der Waals surface area contributed by atoms with E-state index in [1.807, 2.05) is 0 Å². The number of methoxy groups -OCH3 is 1. The van der Waals surface area contributed by atoms with E-state index < -0.39 is 11.6 Å². The Hall–Kier alpha value is -3.73. The number of pyridine rings is 1. The molecule has 10 nitrogen and oxygen atoms in total. The Morgan fingerprint density at radius 2 is 1.86 bits per heavy atom. The van der Waals surface area contributed by atoms with Crippen LogP contribution in [-0.2, 0) is 10.3 Å². The van der Waals surface area contributed by atoms with E-state index in [2.05, 4.69) is 32.4 Å². The summed E-state index contributed by atoms with van der Waals surface area (Å²) in [4.78, 5) is 20.4. The van der Waals surface area contributed by atoms with E-state index in [1.54, 1.807) is 24.5 Å². The van der Waals surface area contributed by atoms with E-state index in [0.29, 0.717) is 63.9 Å². The molecule has 2 saturated heterocycles. The molecular formula is C30H26Cl2N4O6. The molecule has 4 aliphatic rings. The van der Waals surface area contributed by atoms with Crippen LogP contribution in [0.3, 0.4) is 0 Å². The first-order valence-corrected chi connectivity index (χ1v) is 14.5. The molecule has 0 spiro atoms. The fraction of sp³-hybridized carbons (Fsp3) is 0.367. The van der Waals surface area contributed by atoms with Gasteiger partial charge in [-0.05, 0) is 56.7 Å². The second-order valence-corrected chi connectivity index (χ2v) is 12.0. The number of aromatic carboxylic acids is 1. The van der Waals surface area contributed by atoms with Crippen LogP contribution in [0.15, 0.2) is 45.7 Å². The largest absolute Gasteiger partial charge is 0.496 e. The molecule has 216 valence electrons. The molecule has 42 heavy (non-hydrogen) atoms. The van der Waals surface area contributed by atoms with Crippen LogP contribution in [0.2, 0.25) is 10.0 Å². The molecule has 0 atom stereocenters. The number of ether oxygens (including phenoxy) is 2. The molecule has 8 rings (SSSR count). The van der Waals surface area contributed by atoms with Crippen LogP contribution in [0.5, 0.6) is 5.75 Å². The second-order valence-electron chi connectivity index (χ2n) is 11.2. The van der Waals surface area contributed by atoms with Gasteiger partial charge in [-0.15, -0.1) is 0 Å². The second kappa shape index (κ2) is 10.2. The lowest BCUT2D eigenvalue weighted by Crippen LogP contribution is -2.48. The van der Waals surface area contributed by atoms with Gasteiger partial charge in [0.05, 0.1) is 23.8 Å². The number of carboxylic acids is 1. The molecular weight excluding hydrogens is 583 g/mol. The molecule has 0 amide bonds. The van der Waals surface area contributed by atoms with Gasteiger partial charge in [-0.1, -0.05) is 45.7 Å². The lowest BCUT2D eigenvalue weighted by Gasteiger charge is -2.50. The topological polar surface area (TPSA) is 134 Å². The number of rotatable bonds is 8. The Labute approximate surface area is 250 Å². The third-order valence-corrected chi connectivity index (χ3v) is 9.16. The van der Waals surface area contributed by atoms with Crippen molar-refractivity contribution in [3.05, 3.63) is 69.5 Å². The molecule has 12 heteroatoms. The number of aromatic nitrogens is 4. The molecule has 5 heterocycles. The molecule has 4 fully saturated rings. The fourth-order valence-corrected chi connectivity index (χ4v) is 6.49. The van der Waals surface area contributed by atoms with Crippen molar-refractivity contribution in [2.75, 3.05) is 13.7 Å². The van der Waals surface area contributed by atoms with E-state index in [1.165, 1.54) is 13.2 Å². The zero-order valence-corrected chi connectivity index (χ0v) is 24.1. The van der Waals surface area contributed by atoms with Gasteiger partial charge < -0.3 is 23.6 Å². The van der Waals surface area contributed by atoms with Gasteiger partial charge in [-0.3, -0.25) is 4.98 Å².